The first-order chi connectivity index (χ1) is 15.2. The van der Waals surface area contributed by atoms with Crippen LogP contribution >= 0.6 is 11.3 Å². The van der Waals surface area contributed by atoms with Gasteiger partial charge in [-0.1, -0.05) is 36.4 Å². The van der Waals surface area contributed by atoms with Gasteiger partial charge in [0.1, 0.15) is 17.2 Å². The van der Waals surface area contributed by atoms with E-state index in [0.717, 1.165) is 11.1 Å². The molecule has 0 saturated carbocycles. The molecule has 7 heteroatoms. The summed E-state index contributed by atoms with van der Waals surface area (Å²) in [6, 6.07) is 21.8. The maximum Gasteiger partial charge on any atom is 0.254 e. The minimum absolute atomic E-state index is 0.172. The normalized spacial score (nSPS) is 11.3. The minimum atomic E-state index is -0.331. The standard InChI is InChI=1S/C24H19FN4OS/c25-18-7-4-6-16(12-18)22-21-13-17(14-26-15-20-10-5-11-31-20)24(30)27-23(21)29(28-22)19-8-2-1-3-9-19/h1-13,26H,14-15H2,(H,27,30). The Labute approximate surface area is 181 Å². The number of para-hydroxylation sites is 1. The number of hydrogen-bond acceptors (Lipinski definition) is 4. The molecule has 0 amide bonds. The second-order valence-electron chi connectivity index (χ2n) is 7.18. The highest BCUT2D eigenvalue weighted by Crippen LogP contribution is 2.29. The van der Waals surface area contributed by atoms with Crippen LogP contribution in [0.1, 0.15) is 10.4 Å². The molecule has 0 aliphatic heterocycles. The Balaban J connectivity index is 1.61. The van der Waals surface area contributed by atoms with Crippen LogP contribution in [0.3, 0.4) is 0 Å². The molecule has 3 aromatic heterocycles. The van der Waals surface area contributed by atoms with Gasteiger partial charge in [0.15, 0.2) is 0 Å². The van der Waals surface area contributed by atoms with Crippen LogP contribution in [0.25, 0.3) is 28.0 Å². The predicted octanol–water partition coefficient (Wildman–Crippen LogP) is 4.87. The molecule has 31 heavy (non-hydrogen) atoms. The average molecular weight is 431 g/mol. The molecule has 2 aromatic carbocycles. The molecule has 0 spiro atoms. The first-order valence-corrected chi connectivity index (χ1v) is 10.8. The van der Waals surface area contributed by atoms with E-state index in [-0.39, 0.29) is 11.4 Å². The highest BCUT2D eigenvalue weighted by atomic mass is 32.1. The first-order valence-electron chi connectivity index (χ1n) is 9.88. The van der Waals surface area contributed by atoms with Crippen molar-refractivity contribution in [3.8, 4) is 16.9 Å². The first kappa shape index (κ1) is 19.4. The lowest BCUT2D eigenvalue weighted by Gasteiger charge is -2.05. The molecule has 0 radical (unpaired) electrons. The number of nitrogens with zero attached hydrogens (tertiary/aromatic N) is 2. The number of thiophene rings is 1. The van der Waals surface area contributed by atoms with Crippen LogP contribution in [0.15, 0.2) is 83.0 Å². The molecule has 0 aliphatic carbocycles. The summed E-state index contributed by atoms with van der Waals surface area (Å²) in [6.07, 6.45) is 0. The van der Waals surface area contributed by atoms with Crippen LogP contribution in [0.2, 0.25) is 0 Å². The fourth-order valence-corrected chi connectivity index (χ4v) is 4.26. The molecular formula is C24H19FN4OS. The Morgan fingerprint density at radius 3 is 2.65 bits per heavy atom. The van der Waals surface area contributed by atoms with Gasteiger partial charge in [0.2, 0.25) is 0 Å². The predicted molar refractivity (Wildman–Crippen MR) is 122 cm³/mol. The maximum absolute atomic E-state index is 13.9. The van der Waals surface area contributed by atoms with Crippen molar-refractivity contribution in [3.63, 3.8) is 0 Å². The van der Waals surface area contributed by atoms with E-state index in [1.807, 2.05) is 53.9 Å². The van der Waals surface area contributed by atoms with Gasteiger partial charge in [-0.05, 0) is 41.8 Å². The van der Waals surface area contributed by atoms with Crippen molar-refractivity contribution in [2.45, 2.75) is 13.1 Å². The van der Waals surface area contributed by atoms with E-state index in [9.17, 15) is 9.18 Å². The summed E-state index contributed by atoms with van der Waals surface area (Å²) in [7, 11) is 0. The van der Waals surface area contributed by atoms with Crippen LogP contribution in [0, 0.1) is 5.82 Å². The van der Waals surface area contributed by atoms with Gasteiger partial charge in [-0.3, -0.25) is 4.79 Å². The molecule has 154 valence electrons. The number of pyridine rings is 1. The summed E-state index contributed by atoms with van der Waals surface area (Å²) in [6.45, 7) is 1.11. The number of fused-ring (bicyclic) bond motifs is 1. The third-order valence-corrected chi connectivity index (χ3v) is 5.93. The number of halogens is 1. The molecule has 0 fully saturated rings. The smallest absolute Gasteiger partial charge is 0.254 e. The van der Waals surface area contributed by atoms with Gasteiger partial charge in [-0.2, -0.15) is 5.10 Å². The number of aromatic nitrogens is 3. The zero-order valence-corrected chi connectivity index (χ0v) is 17.3. The van der Waals surface area contributed by atoms with Crippen LogP contribution in [-0.2, 0) is 13.1 Å². The number of nitrogens with one attached hydrogen (secondary N) is 2. The van der Waals surface area contributed by atoms with Gasteiger partial charge < -0.3 is 10.3 Å². The van der Waals surface area contributed by atoms with Crippen molar-refractivity contribution in [2.24, 2.45) is 0 Å². The lowest BCUT2D eigenvalue weighted by atomic mass is 10.1. The van der Waals surface area contributed by atoms with E-state index in [4.69, 9.17) is 5.10 Å². The highest BCUT2D eigenvalue weighted by Gasteiger charge is 2.17. The number of aromatic amines is 1. The third kappa shape index (κ3) is 3.93. The van der Waals surface area contributed by atoms with Gasteiger partial charge >= 0.3 is 0 Å². The largest absolute Gasteiger partial charge is 0.308 e. The van der Waals surface area contributed by atoms with Gasteiger partial charge in [0.05, 0.1) is 5.69 Å². The Bertz CT molecular complexity index is 1390. The molecule has 5 nitrogen and oxygen atoms in total. The molecular weight excluding hydrogens is 411 g/mol. The molecule has 3 heterocycles. The third-order valence-electron chi connectivity index (χ3n) is 5.06. The second-order valence-corrected chi connectivity index (χ2v) is 8.21. The average Bonchev–Trinajstić information content (AvgIpc) is 3.42. The van der Waals surface area contributed by atoms with Crippen LogP contribution in [-0.4, -0.2) is 14.8 Å². The highest BCUT2D eigenvalue weighted by molar-refractivity contribution is 7.09. The summed E-state index contributed by atoms with van der Waals surface area (Å²) in [4.78, 5) is 17.0. The Morgan fingerprint density at radius 1 is 1.00 bits per heavy atom. The van der Waals surface area contributed by atoms with E-state index in [1.54, 1.807) is 22.1 Å². The van der Waals surface area contributed by atoms with Gasteiger partial charge in [0.25, 0.3) is 5.56 Å². The molecule has 5 rings (SSSR count). The van der Waals surface area contributed by atoms with E-state index in [1.165, 1.54) is 17.0 Å². The summed E-state index contributed by atoms with van der Waals surface area (Å²) in [5.74, 6) is -0.331. The molecule has 0 atom stereocenters. The summed E-state index contributed by atoms with van der Waals surface area (Å²) in [5, 5.41) is 10.8. The number of hydrogen-bond donors (Lipinski definition) is 2. The van der Waals surface area contributed by atoms with Crippen molar-refractivity contribution < 1.29 is 4.39 Å². The zero-order valence-electron chi connectivity index (χ0n) is 16.5. The minimum Gasteiger partial charge on any atom is -0.308 e. The van der Waals surface area contributed by atoms with Gasteiger partial charge in [0, 0.05) is 34.5 Å². The van der Waals surface area contributed by atoms with Crippen molar-refractivity contribution in [2.75, 3.05) is 0 Å². The quantitative estimate of drug-likeness (QED) is 0.404. The Hall–Kier alpha value is -3.55. The number of H-pyrrole nitrogens is 1. The molecule has 0 unspecified atom stereocenters. The number of rotatable bonds is 6. The SMILES string of the molecule is O=c1[nH]c2c(cc1CNCc1cccs1)c(-c1cccc(F)c1)nn2-c1ccccc1. The molecule has 5 aromatic rings. The Kier molecular flexibility index (Phi) is 5.19. The monoisotopic (exact) mass is 430 g/mol. The zero-order chi connectivity index (χ0) is 21.2. The van der Waals surface area contributed by atoms with Crippen LogP contribution < -0.4 is 10.9 Å². The fourth-order valence-electron chi connectivity index (χ4n) is 3.58. The Morgan fingerprint density at radius 2 is 1.87 bits per heavy atom. The lowest BCUT2D eigenvalue weighted by Crippen LogP contribution is -2.20. The van der Waals surface area contributed by atoms with Crippen LogP contribution in [0.4, 0.5) is 4.39 Å². The second kappa shape index (κ2) is 8.29. The molecule has 0 bridgehead atoms. The topological polar surface area (TPSA) is 62.7 Å². The van der Waals surface area contributed by atoms with E-state index in [2.05, 4.69) is 16.4 Å². The fraction of sp³-hybridized carbons (Fsp3) is 0.0833. The molecule has 0 aliphatic rings. The summed E-state index contributed by atoms with van der Waals surface area (Å²) in [5.41, 5.74) is 3.11. The van der Waals surface area contributed by atoms with Crippen LogP contribution in [0.5, 0.6) is 0 Å². The maximum atomic E-state index is 13.9. The van der Waals surface area contributed by atoms with Crippen molar-refractivity contribution in [1.29, 1.82) is 0 Å². The number of benzene rings is 2. The van der Waals surface area contributed by atoms with Crippen molar-refractivity contribution in [1.82, 2.24) is 20.1 Å². The lowest BCUT2D eigenvalue weighted by molar-refractivity contribution is 0.628. The molecule has 0 saturated heterocycles. The van der Waals surface area contributed by atoms with E-state index < -0.39 is 0 Å². The van der Waals surface area contributed by atoms with Crippen molar-refractivity contribution in [3.05, 3.63) is 105 Å². The van der Waals surface area contributed by atoms with Crippen molar-refractivity contribution >= 4 is 22.4 Å². The van der Waals surface area contributed by atoms with E-state index in [0.29, 0.717) is 35.6 Å². The van der Waals surface area contributed by atoms with E-state index >= 15 is 0 Å². The molecule has 2 N–H and O–H groups in total. The summed E-state index contributed by atoms with van der Waals surface area (Å²) >= 11 is 1.67. The van der Waals surface area contributed by atoms with Gasteiger partial charge in [-0.15, -0.1) is 11.3 Å². The van der Waals surface area contributed by atoms with Gasteiger partial charge in [-0.25, -0.2) is 9.07 Å². The summed E-state index contributed by atoms with van der Waals surface area (Å²) < 4.78 is 15.6.